The van der Waals surface area contributed by atoms with E-state index in [9.17, 15) is 18.0 Å². The number of benzene rings is 2. The maximum atomic E-state index is 13.4. The number of carbonyl (C=O) groups is 1. The van der Waals surface area contributed by atoms with E-state index in [0.29, 0.717) is 43.2 Å². The smallest absolute Gasteiger partial charge is 0.255 e. The molecule has 1 fully saturated rings. The zero-order valence-corrected chi connectivity index (χ0v) is 20.2. The van der Waals surface area contributed by atoms with E-state index >= 15 is 0 Å². The monoisotopic (exact) mass is 493 g/mol. The molecule has 2 aliphatic heterocycles. The molecule has 2 aliphatic rings. The highest BCUT2D eigenvalue weighted by Gasteiger charge is 2.39. The van der Waals surface area contributed by atoms with E-state index in [4.69, 9.17) is 4.74 Å². The number of sulfonamides is 1. The summed E-state index contributed by atoms with van der Waals surface area (Å²) in [6.07, 6.45) is 0.881. The Morgan fingerprint density at radius 1 is 1.00 bits per heavy atom. The van der Waals surface area contributed by atoms with Crippen LogP contribution in [-0.4, -0.2) is 42.9 Å². The van der Waals surface area contributed by atoms with Crippen molar-refractivity contribution in [2.45, 2.75) is 30.7 Å². The number of carbonyl (C=O) groups excluding carboxylic acids is 1. The molecule has 182 valence electrons. The van der Waals surface area contributed by atoms with E-state index in [1.165, 1.54) is 16.4 Å². The summed E-state index contributed by atoms with van der Waals surface area (Å²) >= 11 is 0. The quantitative estimate of drug-likeness (QED) is 0.568. The van der Waals surface area contributed by atoms with Gasteiger partial charge in [0.05, 0.1) is 11.5 Å². The van der Waals surface area contributed by atoms with E-state index in [-0.39, 0.29) is 28.2 Å². The Labute approximate surface area is 204 Å². The molecule has 1 N–H and O–H groups in total. The number of nitrogens with zero attached hydrogens (tertiary/aromatic N) is 2. The molecule has 1 saturated heterocycles. The molecule has 35 heavy (non-hydrogen) atoms. The molecule has 3 aromatic rings. The summed E-state index contributed by atoms with van der Waals surface area (Å²) in [6, 6.07) is 18.3. The normalized spacial score (nSPS) is 19.6. The maximum absolute atomic E-state index is 13.4. The molecule has 2 bridgehead atoms. The predicted molar refractivity (Wildman–Crippen MR) is 132 cm³/mol. The lowest BCUT2D eigenvalue weighted by atomic mass is 9.84. The molecule has 0 saturated carbocycles. The summed E-state index contributed by atoms with van der Waals surface area (Å²) < 4.78 is 35.5. The number of amides is 1. The van der Waals surface area contributed by atoms with Crippen LogP contribution in [0.2, 0.25) is 0 Å². The standard InChI is InChI=1S/C26H27N3O5S/c1-2-34-22-10-6-19(7-11-22)26(31)27-21-8-12-23(13-9-21)35(32,33)28-15-18-14-20(17-28)24-4-3-5-25(30)29(24)16-18/h3-13,18,20H,2,14-17H2,1H3,(H,27,31)/t18-,20+/m1/s1. The van der Waals surface area contributed by atoms with Gasteiger partial charge in [-0.25, -0.2) is 8.42 Å². The lowest BCUT2D eigenvalue weighted by Gasteiger charge is -2.42. The van der Waals surface area contributed by atoms with Crippen molar-refractivity contribution in [1.82, 2.24) is 8.87 Å². The lowest BCUT2D eigenvalue weighted by Crippen LogP contribution is -2.48. The fourth-order valence-corrected chi connectivity index (χ4v) is 6.54. The van der Waals surface area contributed by atoms with Crippen molar-refractivity contribution < 1.29 is 17.9 Å². The first-order valence-corrected chi connectivity index (χ1v) is 13.1. The van der Waals surface area contributed by atoms with Crippen molar-refractivity contribution in [1.29, 1.82) is 0 Å². The minimum atomic E-state index is -3.71. The van der Waals surface area contributed by atoms with Crippen molar-refractivity contribution in [2.75, 3.05) is 25.0 Å². The summed E-state index contributed by atoms with van der Waals surface area (Å²) in [4.78, 5) is 25.0. The molecule has 8 nitrogen and oxygen atoms in total. The molecule has 1 aromatic heterocycles. The molecule has 2 atom stereocenters. The lowest BCUT2D eigenvalue weighted by molar-refractivity contribution is 0.102. The van der Waals surface area contributed by atoms with Crippen LogP contribution in [0.3, 0.4) is 0 Å². The van der Waals surface area contributed by atoms with Crippen LogP contribution < -0.4 is 15.6 Å². The number of aromatic nitrogens is 1. The van der Waals surface area contributed by atoms with Crippen LogP contribution in [0.25, 0.3) is 0 Å². The Morgan fingerprint density at radius 3 is 2.46 bits per heavy atom. The Kier molecular flexibility index (Phi) is 6.21. The van der Waals surface area contributed by atoms with Crippen LogP contribution in [0.1, 0.15) is 35.3 Å². The van der Waals surface area contributed by atoms with Crippen molar-refractivity contribution in [2.24, 2.45) is 5.92 Å². The summed E-state index contributed by atoms with van der Waals surface area (Å²) in [5, 5.41) is 2.80. The van der Waals surface area contributed by atoms with E-state index < -0.39 is 10.0 Å². The summed E-state index contributed by atoms with van der Waals surface area (Å²) in [5.41, 5.74) is 1.86. The van der Waals surface area contributed by atoms with Crippen molar-refractivity contribution >= 4 is 21.6 Å². The highest BCUT2D eigenvalue weighted by molar-refractivity contribution is 7.89. The second kappa shape index (κ2) is 9.31. The van der Waals surface area contributed by atoms with Crippen molar-refractivity contribution in [3.8, 4) is 5.75 Å². The van der Waals surface area contributed by atoms with Crippen LogP contribution >= 0.6 is 0 Å². The first-order valence-electron chi connectivity index (χ1n) is 11.7. The Hall–Kier alpha value is -3.43. The summed E-state index contributed by atoms with van der Waals surface area (Å²) in [6.45, 7) is 3.71. The first kappa shape index (κ1) is 23.3. The third-order valence-electron chi connectivity index (χ3n) is 6.62. The second-order valence-corrected chi connectivity index (χ2v) is 10.9. The second-order valence-electron chi connectivity index (χ2n) is 8.96. The highest BCUT2D eigenvalue weighted by Crippen LogP contribution is 2.37. The molecule has 0 unspecified atom stereocenters. The topological polar surface area (TPSA) is 97.7 Å². The molecular weight excluding hydrogens is 466 g/mol. The molecular formula is C26H27N3O5S. The molecule has 0 aliphatic carbocycles. The highest BCUT2D eigenvalue weighted by atomic mass is 32.2. The molecule has 5 rings (SSSR count). The van der Waals surface area contributed by atoms with Gasteiger partial charge in [-0.15, -0.1) is 0 Å². The van der Waals surface area contributed by atoms with Gasteiger partial charge in [-0.05, 0) is 73.9 Å². The fraction of sp³-hybridized carbons (Fsp3) is 0.308. The van der Waals surface area contributed by atoms with Gasteiger partial charge in [0.1, 0.15) is 5.75 Å². The summed E-state index contributed by atoms with van der Waals surface area (Å²) in [7, 11) is -3.71. The van der Waals surface area contributed by atoms with Gasteiger partial charge in [0.25, 0.3) is 11.5 Å². The molecule has 0 radical (unpaired) electrons. The minimum absolute atomic E-state index is 0.00106. The van der Waals surface area contributed by atoms with E-state index in [0.717, 1.165) is 12.1 Å². The number of piperidine rings is 1. The number of pyridine rings is 1. The Balaban J connectivity index is 1.29. The number of ether oxygens (including phenoxy) is 1. The molecule has 9 heteroatoms. The fourth-order valence-electron chi connectivity index (χ4n) is 4.98. The zero-order chi connectivity index (χ0) is 24.6. The van der Waals surface area contributed by atoms with Crippen molar-refractivity contribution in [3.63, 3.8) is 0 Å². The first-order chi connectivity index (χ1) is 16.8. The molecule has 1 amide bonds. The van der Waals surface area contributed by atoms with Gasteiger partial charge in [0.15, 0.2) is 0 Å². The largest absolute Gasteiger partial charge is 0.494 e. The SMILES string of the molecule is CCOc1ccc(C(=O)Nc2ccc(S(=O)(=O)N3C[C@H]4C[C@@H](C3)c3cccc(=O)n3C4)cc2)cc1. The Morgan fingerprint density at radius 2 is 1.74 bits per heavy atom. The molecule has 2 aromatic carbocycles. The number of hydrogen-bond acceptors (Lipinski definition) is 5. The van der Waals surface area contributed by atoms with Crippen LogP contribution in [0.15, 0.2) is 76.4 Å². The summed E-state index contributed by atoms with van der Waals surface area (Å²) in [5.74, 6) is 0.500. The number of nitrogens with one attached hydrogen (secondary N) is 1. The average molecular weight is 494 g/mol. The number of rotatable bonds is 6. The van der Waals surface area contributed by atoms with E-state index in [1.807, 2.05) is 13.0 Å². The maximum Gasteiger partial charge on any atom is 0.255 e. The average Bonchev–Trinajstić information content (AvgIpc) is 2.85. The molecule has 3 heterocycles. The van der Waals surface area contributed by atoms with Gasteiger partial charge >= 0.3 is 0 Å². The van der Waals surface area contributed by atoms with E-state index in [1.54, 1.807) is 53.1 Å². The van der Waals surface area contributed by atoms with Gasteiger partial charge in [-0.1, -0.05) is 6.07 Å². The predicted octanol–water partition coefficient (Wildman–Crippen LogP) is 3.31. The van der Waals surface area contributed by atoms with Gasteiger partial charge in [-0.3, -0.25) is 9.59 Å². The third-order valence-corrected chi connectivity index (χ3v) is 8.47. The zero-order valence-electron chi connectivity index (χ0n) is 19.4. The molecule has 0 spiro atoms. The third kappa shape index (κ3) is 4.61. The van der Waals surface area contributed by atoms with Gasteiger partial charge < -0.3 is 14.6 Å². The van der Waals surface area contributed by atoms with Gasteiger partial charge in [-0.2, -0.15) is 4.31 Å². The van der Waals surface area contributed by atoms with Crippen LogP contribution in [0, 0.1) is 5.92 Å². The van der Waals surface area contributed by atoms with Crippen LogP contribution in [0.4, 0.5) is 5.69 Å². The number of anilines is 1. The van der Waals surface area contributed by atoms with Crippen LogP contribution in [-0.2, 0) is 16.6 Å². The van der Waals surface area contributed by atoms with E-state index in [2.05, 4.69) is 5.32 Å². The van der Waals surface area contributed by atoms with Crippen molar-refractivity contribution in [3.05, 3.63) is 88.3 Å². The van der Waals surface area contributed by atoms with Gasteiger partial charge in [0.2, 0.25) is 10.0 Å². The minimum Gasteiger partial charge on any atom is -0.494 e. The van der Waals surface area contributed by atoms with Gasteiger partial charge in [0, 0.05) is 48.6 Å². The number of hydrogen-bond donors (Lipinski definition) is 1. The number of fused-ring (bicyclic) bond motifs is 4. The van der Waals surface area contributed by atoms with Crippen LogP contribution in [0.5, 0.6) is 5.75 Å². The Bertz CT molecular complexity index is 1400.